The molecule has 130 valence electrons. The van der Waals surface area contributed by atoms with Crippen molar-refractivity contribution in [3.63, 3.8) is 0 Å². The first-order chi connectivity index (χ1) is 11.2. The van der Waals surface area contributed by atoms with Crippen molar-refractivity contribution in [2.24, 2.45) is 0 Å². The SMILES string of the molecule is CCCc1nn(-c2ccccc2C(F)(F)F)c(C(C)C)c1C(=O)O. The quantitative estimate of drug-likeness (QED) is 0.861. The molecule has 1 aromatic heterocycles. The Morgan fingerprint density at radius 3 is 2.42 bits per heavy atom. The minimum Gasteiger partial charge on any atom is -0.478 e. The molecule has 0 atom stereocenters. The summed E-state index contributed by atoms with van der Waals surface area (Å²) in [6.07, 6.45) is -3.51. The van der Waals surface area contributed by atoms with E-state index in [1.807, 2.05) is 6.92 Å². The van der Waals surface area contributed by atoms with E-state index in [-0.39, 0.29) is 22.9 Å². The maximum atomic E-state index is 13.3. The molecule has 0 unspecified atom stereocenters. The van der Waals surface area contributed by atoms with Crippen molar-refractivity contribution in [2.75, 3.05) is 0 Å². The highest BCUT2D eigenvalue weighted by atomic mass is 19.4. The van der Waals surface area contributed by atoms with Crippen LogP contribution in [0.15, 0.2) is 24.3 Å². The summed E-state index contributed by atoms with van der Waals surface area (Å²) in [6, 6.07) is 5.07. The van der Waals surface area contributed by atoms with Gasteiger partial charge in [0.15, 0.2) is 0 Å². The van der Waals surface area contributed by atoms with E-state index in [0.29, 0.717) is 18.5 Å². The van der Waals surface area contributed by atoms with Crippen molar-refractivity contribution in [1.82, 2.24) is 9.78 Å². The third kappa shape index (κ3) is 3.29. The fraction of sp³-hybridized carbons (Fsp3) is 0.412. The fourth-order valence-corrected chi connectivity index (χ4v) is 2.74. The number of hydrogen-bond acceptors (Lipinski definition) is 2. The number of para-hydroxylation sites is 1. The van der Waals surface area contributed by atoms with Crippen molar-refractivity contribution in [2.45, 2.75) is 45.7 Å². The first-order valence-electron chi connectivity index (χ1n) is 7.70. The average Bonchev–Trinajstić information content (AvgIpc) is 2.86. The maximum absolute atomic E-state index is 13.3. The Labute approximate surface area is 137 Å². The summed E-state index contributed by atoms with van der Waals surface area (Å²) in [5.74, 6) is -1.46. The van der Waals surface area contributed by atoms with Crippen LogP contribution in [0, 0.1) is 0 Å². The van der Waals surface area contributed by atoms with Crippen molar-refractivity contribution >= 4 is 5.97 Å². The predicted octanol–water partition coefficient (Wildman–Crippen LogP) is 4.67. The molecule has 2 rings (SSSR count). The molecular formula is C17H19F3N2O2. The lowest BCUT2D eigenvalue weighted by Gasteiger charge is -2.16. The first-order valence-corrected chi connectivity index (χ1v) is 7.70. The monoisotopic (exact) mass is 340 g/mol. The number of carboxylic acid groups (broad SMARTS) is 1. The second-order valence-electron chi connectivity index (χ2n) is 5.84. The Morgan fingerprint density at radius 1 is 1.29 bits per heavy atom. The predicted molar refractivity (Wildman–Crippen MR) is 83.6 cm³/mol. The lowest BCUT2D eigenvalue weighted by Crippen LogP contribution is -2.14. The number of aryl methyl sites for hydroxylation is 1. The number of nitrogens with zero attached hydrogens (tertiary/aromatic N) is 2. The Hall–Kier alpha value is -2.31. The Balaban J connectivity index is 2.81. The Bertz CT molecular complexity index is 749. The van der Waals surface area contributed by atoms with Crippen LogP contribution in [-0.2, 0) is 12.6 Å². The van der Waals surface area contributed by atoms with Crippen LogP contribution in [-0.4, -0.2) is 20.9 Å². The highest BCUT2D eigenvalue weighted by molar-refractivity contribution is 5.90. The Morgan fingerprint density at radius 2 is 1.92 bits per heavy atom. The molecule has 0 aliphatic heterocycles. The lowest BCUT2D eigenvalue weighted by molar-refractivity contribution is -0.137. The van der Waals surface area contributed by atoms with Crippen molar-refractivity contribution in [3.05, 3.63) is 46.8 Å². The molecule has 0 radical (unpaired) electrons. The molecule has 0 spiro atoms. The normalized spacial score (nSPS) is 12.0. The topological polar surface area (TPSA) is 55.1 Å². The van der Waals surface area contributed by atoms with Crippen LogP contribution in [0.25, 0.3) is 5.69 Å². The minimum atomic E-state index is -4.55. The summed E-state index contributed by atoms with van der Waals surface area (Å²) in [4.78, 5) is 11.7. The number of carbonyl (C=O) groups is 1. The Kier molecular flexibility index (Phi) is 5.01. The van der Waals surface area contributed by atoms with E-state index >= 15 is 0 Å². The van der Waals surface area contributed by atoms with Gasteiger partial charge in [-0.1, -0.05) is 39.3 Å². The van der Waals surface area contributed by atoms with Gasteiger partial charge in [0.2, 0.25) is 0 Å². The third-order valence-electron chi connectivity index (χ3n) is 3.68. The first kappa shape index (κ1) is 18.0. The molecule has 0 aliphatic rings. The van der Waals surface area contributed by atoms with Gasteiger partial charge in [-0.15, -0.1) is 0 Å². The van der Waals surface area contributed by atoms with E-state index in [0.717, 1.165) is 10.7 Å². The summed E-state index contributed by atoms with van der Waals surface area (Å²) < 4.78 is 41.1. The number of benzene rings is 1. The molecule has 0 bridgehead atoms. The third-order valence-corrected chi connectivity index (χ3v) is 3.68. The molecule has 0 aliphatic carbocycles. The molecule has 1 heterocycles. The summed E-state index contributed by atoms with van der Waals surface area (Å²) in [5.41, 5.74) is -0.398. The molecule has 0 amide bonds. The van der Waals surface area contributed by atoms with Crippen LogP contribution in [0.5, 0.6) is 0 Å². The van der Waals surface area contributed by atoms with E-state index in [9.17, 15) is 23.1 Å². The molecule has 7 heteroatoms. The van der Waals surface area contributed by atoms with Gasteiger partial charge in [0.25, 0.3) is 0 Å². The van der Waals surface area contributed by atoms with Gasteiger partial charge < -0.3 is 5.11 Å². The number of hydrogen-bond donors (Lipinski definition) is 1. The van der Waals surface area contributed by atoms with E-state index in [4.69, 9.17) is 0 Å². The van der Waals surface area contributed by atoms with E-state index in [1.54, 1.807) is 13.8 Å². The largest absolute Gasteiger partial charge is 0.478 e. The van der Waals surface area contributed by atoms with Gasteiger partial charge in [-0.2, -0.15) is 18.3 Å². The van der Waals surface area contributed by atoms with Crippen molar-refractivity contribution in [3.8, 4) is 5.69 Å². The van der Waals surface area contributed by atoms with Crippen LogP contribution >= 0.6 is 0 Å². The number of alkyl halides is 3. The fourth-order valence-electron chi connectivity index (χ4n) is 2.74. The van der Waals surface area contributed by atoms with Gasteiger partial charge in [0.05, 0.1) is 22.6 Å². The molecule has 0 fully saturated rings. The number of aromatic carboxylic acids is 1. The van der Waals surface area contributed by atoms with Gasteiger partial charge in [0.1, 0.15) is 5.56 Å². The summed E-state index contributed by atoms with van der Waals surface area (Å²) in [6.45, 7) is 5.35. The second kappa shape index (κ2) is 6.67. The number of rotatable bonds is 5. The minimum absolute atomic E-state index is 0.00354. The van der Waals surface area contributed by atoms with E-state index < -0.39 is 17.7 Å². The van der Waals surface area contributed by atoms with Gasteiger partial charge in [-0.05, 0) is 24.5 Å². The van der Waals surface area contributed by atoms with Crippen molar-refractivity contribution in [1.29, 1.82) is 0 Å². The molecular weight excluding hydrogens is 321 g/mol. The number of halogens is 3. The molecule has 4 nitrogen and oxygen atoms in total. The lowest BCUT2D eigenvalue weighted by atomic mass is 10.0. The van der Waals surface area contributed by atoms with Gasteiger partial charge in [-0.3, -0.25) is 0 Å². The number of carboxylic acids is 1. The zero-order chi connectivity index (χ0) is 18.1. The maximum Gasteiger partial charge on any atom is 0.418 e. The van der Waals surface area contributed by atoms with E-state index in [1.165, 1.54) is 18.2 Å². The van der Waals surface area contributed by atoms with Crippen LogP contribution in [0.3, 0.4) is 0 Å². The summed E-state index contributed by atoms with van der Waals surface area (Å²) in [7, 11) is 0. The molecule has 0 saturated heterocycles. The molecule has 2 aromatic rings. The van der Waals surface area contributed by atoms with Crippen LogP contribution in [0.2, 0.25) is 0 Å². The van der Waals surface area contributed by atoms with Gasteiger partial charge >= 0.3 is 12.1 Å². The van der Waals surface area contributed by atoms with E-state index in [2.05, 4.69) is 5.10 Å². The second-order valence-corrected chi connectivity index (χ2v) is 5.84. The standard InChI is InChI=1S/C17H19F3N2O2/c1-4-7-12-14(16(23)24)15(10(2)3)22(21-12)13-9-6-5-8-11(13)17(18,19)20/h5-6,8-10H,4,7H2,1-3H3,(H,23,24). The molecule has 0 saturated carbocycles. The van der Waals surface area contributed by atoms with Crippen LogP contribution in [0.1, 0.15) is 60.4 Å². The zero-order valence-corrected chi connectivity index (χ0v) is 13.7. The molecule has 1 aromatic carbocycles. The van der Waals surface area contributed by atoms with Gasteiger partial charge in [0, 0.05) is 0 Å². The van der Waals surface area contributed by atoms with Crippen LogP contribution < -0.4 is 0 Å². The zero-order valence-electron chi connectivity index (χ0n) is 13.7. The number of aromatic nitrogens is 2. The van der Waals surface area contributed by atoms with Crippen LogP contribution in [0.4, 0.5) is 13.2 Å². The smallest absolute Gasteiger partial charge is 0.418 e. The van der Waals surface area contributed by atoms with Crippen molar-refractivity contribution < 1.29 is 23.1 Å². The average molecular weight is 340 g/mol. The highest BCUT2D eigenvalue weighted by Crippen LogP contribution is 2.36. The van der Waals surface area contributed by atoms with Gasteiger partial charge in [-0.25, -0.2) is 9.48 Å². The highest BCUT2D eigenvalue weighted by Gasteiger charge is 2.35. The molecule has 24 heavy (non-hydrogen) atoms. The molecule has 1 N–H and O–H groups in total. The summed E-state index contributed by atoms with van der Waals surface area (Å²) >= 11 is 0. The summed E-state index contributed by atoms with van der Waals surface area (Å²) in [5, 5.41) is 13.8.